The Hall–Kier alpha value is -2.20. The summed E-state index contributed by atoms with van der Waals surface area (Å²) in [5, 5.41) is 0. The summed E-state index contributed by atoms with van der Waals surface area (Å²) in [5.41, 5.74) is 10.1. The van der Waals surface area contributed by atoms with Crippen molar-refractivity contribution in [3.05, 3.63) is 59.7 Å². The number of rotatable bonds is 4. The van der Waals surface area contributed by atoms with Gasteiger partial charge in [-0.25, -0.2) is 9.37 Å². The van der Waals surface area contributed by atoms with Gasteiger partial charge in [0, 0.05) is 11.8 Å². The number of imidazole rings is 1. The van der Waals surface area contributed by atoms with Crippen LogP contribution in [0.25, 0.3) is 16.9 Å². The van der Waals surface area contributed by atoms with Gasteiger partial charge in [0.05, 0.1) is 11.4 Å². The number of halogens is 1. The van der Waals surface area contributed by atoms with Crippen molar-refractivity contribution in [1.29, 1.82) is 0 Å². The van der Waals surface area contributed by atoms with E-state index in [1.165, 1.54) is 11.6 Å². The molecule has 3 rings (SSSR count). The monoisotopic (exact) mass is 283 g/mol. The second-order valence-corrected chi connectivity index (χ2v) is 5.22. The predicted octanol–water partition coefficient (Wildman–Crippen LogP) is 3.34. The number of aromatic nitrogens is 2. The lowest BCUT2D eigenvalue weighted by Gasteiger charge is -2.05. The van der Waals surface area contributed by atoms with E-state index in [0.29, 0.717) is 12.2 Å². The molecule has 21 heavy (non-hydrogen) atoms. The summed E-state index contributed by atoms with van der Waals surface area (Å²) < 4.78 is 15.8. The predicted molar refractivity (Wildman–Crippen MR) is 82.7 cm³/mol. The highest BCUT2D eigenvalue weighted by Crippen LogP contribution is 2.26. The summed E-state index contributed by atoms with van der Waals surface area (Å²) >= 11 is 0. The van der Waals surface area contributed by atoms with Gasteiger partial charge in [-0.05, 0) is 38.4 Å². The largest absolute Gasteiger partial charge is 0.330 e. The fraction of sp³-hybridized carbons (Fsp3) is 0.235. The first kappa shape index (κ1) is 13.8. The van der Waals surface area contributed by atoms with Gasteiger partial charge in [-0.1, -0.05) is 29.8 Å². The van der Waals surface area contributed by atoms with Crippen molar-refractivity contribution in [3.63, 3.8) is 0 Å². The van der Waals surface area contributed by atoms with Gasteiger partial charge in [-0.2, -0.15) is 0 Å². The van der Waals surface area contributed by atoms with E-state index < -0.39 is 0 Å². The molecule has 3 nitrogen and oxygen atoms in total. The van der Waals surface area contributed by atoms with Gasteiger partial charge in [-0.15, -0.1) is 0 Å². The van der Waals surface area contributed by atoms with Crippen LogP contribution in [0.1, 0.15) is 17.7 Å². The van der Waals surface area contributed by atoms with Gasteiger partial charge < -0.3 is 10.1 Å². The molecule has 2 heterocycles. The van der Waals surface area contributed by atoms with Gasteiger partial charge in [0.2, 0.25) is 0 Å². The molecule has 0 aliphatic heterocycles. The van der Waals surface area contributed by atoms with Crippen LogP contribution in [-0.2, 0) is 6.42 Å². The number of pyridine rings is 1. The Morgan fingerprint density at radius 1 is 1.19 bits per heavy atom. The highest BCUT2D eigenvalue weighted by Gasteiger charge is 2.15. The van der Waals surface area contributed by atoms with Crippen LogP contribution in [0.5, 0.6) is 0 Å². The van der Waals surface area contributed by atoms with Crippen molar-refractivity contribution in [2.75, 3.05) is 6.54 Å². The molecule has 0 atom stereocenters. The summed E-state index contributed by atoms with van der Waals surface area (Å²) in [6, 6.07) is 11.3. The summed E-state index contributed by atoms with van der Waals surface area (Å²) in [4.78, 5) is 4.51. The van der Waals surface area contributed by atoms with Crippen LogP contribution in [0.3, 0.4) is 0 Å². The summed E-state index contributed by atoms with van der Waals surface area (Å²) in [6.45, 7) is 2.65. The number of fused-ring (bicyclic) bond motifs is 1. The first-order valence-electron chi connectivity index (χ1n) is 7.13. The van der Waals surface area contributed by atoms with Crippen molar-refractivity contribution < 1.29 is 4.39 Å². The van der Waals surface area contributed by atoms with Crippen LogP contribution >= 0.6 is 0 Å². The van der Waals surface area contributed by atoms with Gasteiger partial charge >= 0.3 is 0 Å². The van der Waals surface area contributed by atoms with Crippen molar-refractivity contribution in [2.45, 2.75) is 19.8 Å². The third-order valence-electron chi connectivity index (χ3n) is 3.64. The van der Waals surface area contributed by atoms with Gasteiger partial charge in [0.15, 0.2) is 11.5 Å². The number of nitrogens with two attached hydrogens (primary N) is 1. The SMILES string of the molecule is Cc1ccc(-c2nc3c(F)cccn3c2CCCN)cc1. The molecular weight excluding hydrogens is 265 g/mol. The van der Waals surface area contributed by atoms with Crippen LogP contribution in [0.4, 0.5) is 4.39 Å². The van der Waals surface area contributed by atoms with Crippen molar-refractivity contribution >= 4 is 5.65 Å². The maximum absolute atomic E-state index is 14.0. The fourth-order valence-corrected chi connectivity index (χ4v) is 2.53. The topological polar surface area (TPSA) is 43.3 Å². The number of nitrogens with zero attached hydrogens (tertiary/aromatic N) is 2. The summed E-state index contributed by atoms with van der Waals surface area (Å²) in [7, 11) is 0. The van der Waals surface area contributed by atoms with E-state index in [1.807, 2.05) is 41.8 Å². The standard InChI is InChI=1S/C17H18FN3/c1-12-6-8-13(9-7-12)16-15(5-2-10-19)21-11-3-4-14(18)17(21)20-16/h3-4,6-9,11H,2,5,10,19H2,1H3. The van der Waals surface area contributed by atoms with E-state index in [1.54, 1.807) is 6.07 Å². The number of aryl methyl sites for hydroxylation is 2. The Morgan fingerprint density at radius 2 is 1.95 bits per heavy atom. The molecule has 2 aromatic heterocycles. The molecule has 1 aromatic carbocycles. The van der Waals surface area contributed by atoms with E-state index in [2.05, 4.69) is 4.98 Å². The second-order valence-electron chi connectivity index (χ2n) is 5.22. The zero-order valence-corrected chi connectivity index (χ0v) is 12.0. The average molecular weight is 283 g/mol. The molecule has 0 spiro atoms. The van der Waals surface area contributed by atoms with E-state index in [-0.39, 0.29) is 5.82 Å². The molecular formula is C17H18FN3. The lowest BCUT2D eigenvalue weighted by atomic mass is 10.1. The van der Waals surface area contributed by atoms with Crippen molar-refractivity contribution in [2.24, 2.45) is 5.73 Å². The molecule has 108 valence electrons. The van der Waals surface area contributed by atoms with Crippen LogP contribution in [0.2, 0.25) is 0 Å². The highest BCUT2D eigenvalue weighted by molar-refractivity contribution is 5.67. The van der Waals surface area contributed by atoms with Crippen LogP contribution < -0.4 is 5.73 Å². The molecule has 3 aromatic rings. The maximum Gasteiger partial charge on any atom is 0.173 e. The zero-order valence-electron chi connectivity index (χ0n) is 12.0. The Morgan fingerprint density at radius 3 is 2.67 bits per heavy atom. The lowest BCUT2D eigenvalue weighted by Crippen LogP contribution is -2.03. The lowest BCUT2D eigenvalue weighted by molar-refractivity contribution is 0.629. The van der Waals surface area contributed by atoms with Crippen LogP contribution in [-0.4, -0.2) is 15.9 Å². The quantitative estimate of drug-likeness (QED) is 0.798. The molecule has 0 amide bonds. The first-order chi connectivity index (χ1) is 10.2. The summed E-state index contributed by atoms with van der Waals surface area (Å²) in [6.07, 6.45) is 3.49. The molecule has 0 fully saturated rings. The molecule has 0 aliphatic carbocycles. The number of hydrogen-bond acceptors (Lipinski definition) is 2. The van der Waals surface area contributed by atoms with Gasteiger partial charge in [0.25, 0.3) is 0 Å². The Bertz CT molecular complexity index is 760. The van der Waals surface area contributed by atoms with Crippen molar-refractivity contribution in [3.8, 4) is 11.3 Å². The molecule has 4 heteroatoms. The average Bonchev–Trinajstić information content (AvgIpc) is 2.86. The second kappa shape index (κ2) is 5.66. The molecule has 0 saturated carbocycles. The summed E-state index contributed by atoms with van der Waals surface area (Å²) in [5.74, 6) is -0.301. The van der Waals surface area contributed by atoms with E-state index in [0.717, 1.165) is 29.8 Å². The molecule has 0 unspecified atom stereocenters. The molecule has 0 aliphatic rings. The van der Waals surface area contributed by atoms with E-state index in [4.69, 9.17) is 5.73 Å². The van der Waals surface area contributed by atoms with Crippen LogP contribution in [0, 0.1) is 12.7 Å². The van der Waals surface area contributed by atoms with Crippen molar-refractivity contribution in [1.82, 2.24) is 9.38 Å². The minimum absolute atomic E-state index is 0.301. The maximum atomic E-state index is 14.0. The minimum Gasteiger partial charge on any atom is -0.330 e. The Balaban J connectivity index is 2.20. The Labute approximate surface area is 123 Å². The fourth-order valence-electron chi connectivity index (χ4n) is 2.53. The van der Waals surface area contributed by atoms with Gasteiger partial charge in [0.1, 0.15) is 0 Å². The normalized spacial score (nSPS) is 11.2. The molecule has 0 saturated heterocycles. The highest BCUT2D eigenvalue weighted by atomic mass is 19.1. The third kappa shape index (κ3) is 2.54. The van der Waals surface area contributed by atoms with E-state index in [9.17, 15) is 4.39 Å². The molecule has 0 bridgehead atoms. The van der Waals surface area contributed by atoms with E-state index >= 15 is 0 Å². The number of hydrogen-bond donors (Lipinski definition) is 1. The Kier molecular flexibility index (Phi) is 3.71. The first-order valence-corrected chi connectivity index (χ1v) is 7.13. The number of benzene rings is 1. The third-order valence-corrected chi connectivity index (χ3v) is 3.64. The minimum atomic E-state index is -0.301. The van der Waals surface area contributed by atoms with Crippen LogP contribution in [0.15, 0.2) is 42.6 Å². The van der Waals surface area contributed by atoms with Gasteiger partial charge in [-0.3, -0.25) is 0 Å². The zero-order chi connectivity index (χ0) is 14.8. The molecule has 2 N–H and O–H groups in total. The molecule has 0 radical (unpaired) electrons. The smallest absolute Gasteiger partial charge is 0.173 e.